The van der Waals surface area contributed by atoms with Gasteiger partial charge in [-0.05, 0) is 12.1 Å². The molecular formula is C17H20N6O2. The van der Waals surface area contributed by atoms with Crippen LogP contribution in [0.5, 0.6) is 0 Å². The first-order valence-corrected chi connectivity index (χ1v) is 7.80. The molecule has 1 N–H and O–H groups in total. The van der Waals surface area contributed by atoms with Gasteiger partial charge in [-0.15, -0.1) is 0 Å². The van der Waals surface area contributed by atoms with Gasteiger partial charge in [0.2, 0.25) is 11.9 Å². The van der Waals surface area contributed by atoms with Crippen LogP contribution in [0, 0.1) is 0 Å². The third-order valence-electron chi connectivity index (χ3n) is 3.51. The van der Waals surface area contributed by atoms with Crippen molar-refractivity contribution in [1.82, 2.24) is 20.3 Å². The van der Waals surface area contributed by atoms with Gasteiger partial charge in [0.05, 0.1) is 6.54 Å². The number of nitrogens with one attached hydrogen (secondary N) is 1. The summed E-state index contributed by atoms with van der Waals surface area (Å²) in [6.45, 7) is 0.181. The number of nitrogens with zero attached hydrogens (tertiary/aromatic N) is 5. The fraction of sp³-hybridized carbons (Fsp3) is 0.294. The van der Waals surface area contributed by atoms with E-state index in [1.165, 1.54) is 0 Å². The summed E-state index contributed by atoms with van der Waals surface area (Å²) < 4.78 is 5.56. The van der Waals surface area contributed by atoms with Crippen LogP contribution >= 0.6 is 0 Å². The third kappa shape index (κ3) is 3.68. The normalized spacial score (nSPS) is 10.7. The maximum Gasteiger partial charge on any atom is 0.287 e. The topological polar surface area (TPSA) is 87.4 Å². The third-order valence-corrected chi connectivity index (χ3v) is 3.51. The summed E-state index contributed by atoms with van der Waals surface area (Å²) in [4.78, 5) is 29.0. The Labute approximate surface area is 145 Å². The summed E-state index contributed by atoms with van der Waals surface area (Å²) in [5.41, 5.74) is 0.678. The monoisotopic (exact) mass is 340 g/mol. The van der Waals surface area contributed by atoms with E-state index < -0.39 is 0 Å². The lowest BCUT2D eigenvalue weighted by atomic mass is 10.2. The molecule has 0 saturated heterocycles. The Balaban J connectivity index is 1.77. The molecular weight excluding hydrogens is 320 g/mol. The Kier molecular flexibility index (Phi) is 4.51. The first-order valence-electron chi connectivity index (χ1n) is 7.80. The van der Waals surface area contributed by atoms with Crippen molar-refractivity contribution in [2.45, 2.75) is 6.54 Å². The minimum absolute atomic E-state index is 0.181. The van der Waals surface area contributed by atoms with Gasteiger partial charge < -0.3 is 19.5 Å². The van der Waals surface area contributed by atoms with Crippen LogP contribution in [0.2, 0.25) is 0 Å². The lowest BCUT2D eigenvalue weighted by Gasteiger charge is -2.16. The Morgan fingerprint density at radius 3 is 2.28 bits per heavy atom. The zero-order valence-electron chi connectivity index (χ0n) is 14.6. The number of carbonyl (C=O) groups is 1. The van der Waals surface area contributed by atoms with E-state index >= 15 is 0 Å². The van der Waals surface area contributed by atoms with Crippen LogP contribution in [0.4, 0.5) is 11.9 Å². The number of amides is 1. The quantitative estimate of drug-likeness (QED) is 0.756. The van der Waals surface area contributed by atoms with Gasteiger partial charge >= 0.3 is 0 Å². The zero-order valence-corrected chi connectivity index (χ0v) is 14.6. The van der Waals surface area contributed by atoms with Crippen LogP contribution in [0.3, 0.4) is 0 Å². The highest BCUT2D eigenvalue weighted by atomic mass is 16.3. The summed E-state index contributed by atoms with van der Waals surface area (Å²) >= 11 is 0. The summed E-state index contributed by atoms with van der Waals surface area (Å²) in [7, 11) is 7.41. The van der Waals surface area contributed by atoms with Crippen LogP contribution in [0.1, 0.15) is 16.4 Å². The van der Waals surface area contributed by atoms with E-state index in [1.54, 1.807) is 15.9 Å². The van der Waals surface area contributed by atoms with Gasteiger partial charge in [-0.3, -0.25) is 4.79 Å². The molecule has 8 nitrogen and oxygen atoms in total. The smallest absolute Gasteiger partial charge is 0.287 e. The van der Waals surface area contributed by atoms with Crippen molar-refractivity contribution in [2.24, 2.45) is 0 Å². The van der Waals surface area contributed by atoms with Gasteiger partial charge in [0, 0.05) is 33.6 Å². The lowest BCUT2D eigenvalue weighted by Crippen LogP contribution is -2.26. The molecule has 0 aliphatic rings. The number of furan rings is 1. The molecule has 1 amide bonds. The molecule has 0 bridgehead atoms. The summed E-state index contributed by atoms with van der Waals surface area (Å²) in [5, 5.41) is 3.67. The minimum atomic E-state index is -0.311. The van der Waals surface area contributed by atoms with E-state index in [0.29, 0.717) is 23.3 Å². The van der Waals surface area contributed by atoms with E-state index in [0.717, 1.165) is 5.39 Å². The van der Waals surface area contributed by atoms with Crippen LogP contribution < -0.4 is 15.1 Å². The Hall–Kier alpha value is -3.16. The first-order chi connectivity index (χ1) is 11.9. The summed E-state index contributed by atoms with van der Waals surface area (Å²) in [6, 6.07) is 9.20. The zero-order chi connectivity index (χ0) is 18.0. The molecule has 0 spiro atoms. The molecule has 0 aliphatic carbocycles. The van der Waals surface area contributed by atoms with Crippen molar-refractivity contribution in [2.75, 3.05) is 38.0 Å². The molecule has 0 atom stereocenters. The number of hydrogen-bond donors (Lipinski definition) is 1. The molecule has 8 heteroatoms. The SMILES string of the molecule is CN(C)c1nc(CNC(=O)c2cc3ccccc3o2)nc(N(C)C)n1. The predicted molar refractivity (Wildman–Crippen MR) is 95.9 cm³/mol. The van der Waals surface area contributed by atoms with Crippen molar-refractivity contribution >= 4 is 28.8 Å². The van der Waals surface area contributed by atoms with Crippen molar-refractivity contribution < 1.29 is 9.21 Å². The van der Waals surface area contributed by atoms with E-state index in [2.05, 4.69) is 20.3 Å². The van der Waals surface area contributed by atoms with Crippen molar-refractivity contribution in [3.8, 4) is 0 Å². The van der Waals surface area contributed by atoms with Crippen molar-refractivity contribution in [3.05, 3.63) is 41.9 Å². The largest absolute Gasteiger partial charge is 0.451 e. The van der Waals surface area contributed by atoms with Gasteiger partial charge in [-0.25, -0.2) is 0 Å². The summed E-state index contributed by atoms with van der Waals surface area (Å²) in [6.07, 6.45) is 0. The van der Waals surface area contributed by atoms with Crippen LogP contribution in [-0.4, -0.2) is 49.0 Å². The molecule has 0 fully saturated rings. The number of anilines is 2. The summed E-state index contributed by atoms with van der Waals surface area (Å²) in [5.74, 6) is 1.50. The molecule has 0 saturated carbocycles. The number of fused-ring (bicyclic) bond motifs is 1. The number of rotatable bonds is 5. The highest BCUT2D eigenvalue weighted by Gasteiger charge is 2.14. The minimum Gasteiger partial charge on any atom is -0.451 e. The molecule has 3 aromatic rings. The average Bonchev–Trinajstić information content (AvgIpc) is 3.03. The molecule has 130 valence electrons. The first kappa shape index (κ1) is 16.7. The van der Waals surface area contributed by atoms with Crippen LogP contribution in [0.15, 0.2) is 34.7 Å². The molecule has 0 radical (unpaired) electrons. The van der Waals surface area contributed by atoms with Gasteiger partial charge in [0.25, 0.3) is 5.91 Å². The fourth-order valence-corrected chi connectivity index (χ4v) is 2.21. The van der Waals surface area contributed by atoms with E-state index in [-0.39, 0.29) is 18.2 Å². The standard InChI is InChI=1S/C17H20N6O2/c1-22(2)16-19-14(20-17(21-16)23(3)4)10-18-15(24)13-9-11-7-5-6-8-12(11)25-13/h5-9H,10H2,1-4H3,(H,18,24). The number of carbonyl (C=O) groups excluding carboxylic acids is 1. The van der Waals surface area contributed by atoms with Crippen molar-refractivity contribution in [3.63, 3.8) is 0 Å². The molecule has 2 aromatic heterocycles. The second kappa shape index (κ2) is 6.76. The second-order valence-corrected chi connectivity index (χ2v) is 5.97. The van der Waals surface area contributed by atoms with Gasteiger partial charge in [-0.2, -0.15) is 15.0 Å². The Bertz CT molecular complexity index is 844. The molecule has 3 rings (SSSR count). The molecule has 0 aliphatic heterocycles. The number of benzene rings is 1. The molecule has 1 aromatic carbocycles. The number of para-hydroxylation sites is 1. The number of hydrogen-bond acceptors (Lipinski definition) is 7. The predicted octanol–water partition coefficient (Wildman–Crippen LogP) is 1.68. The second-order valence-electron chi connectivity index (χ2n) is 5.97. The maximum atomic E-state index is 12.3. The van der Waals surface area contributed by atoms with E-state index in [9.17, 15) is 4.79 Å². The molecule has 2 heterocycles. The lowest BCUT2D eigenvalue weighted by molar-refractivity contribution is 0.0924. The molecule has 25 heavy (non-hydrogen) atoms. The highest BCUT2D eigenvalue weighted by molar-refractivity contribution is 5.95. The highest BCUT2D eigenvalue weighted by Crippen LogP contribution is 2.18. The number of aromatic nitrogens is 3. The van der Waals surface area contributed by atoms with E-state index in [1.807, 2.05) is 52.5 Å². The Morgan fingerprint density at radius 1 is 1.04 bits per heavy atom. The van der Waals surface area contributed by atoms with Crippen molar-refractivity contribution in [1.29, 1.82) is 0 Å². The van der Waals surface area contributed by atoms with Crippen LogP contribution in [-0.2, 0) is 6.54 Å². The van der Waals surface area contributed by atoms with E-state index in [4.69, 9.17) is 4.42 Å². The maximum absolute atomic E-state index is 12.3. The Morgan fingerprint density at radius 2 is 1.68 bits per heavy atom. The van der Waals surface area contributed by atoms with Gasteiger partial charge in [-0.1, -0.05) is 18.2 Å². The van der Waals surface area contributed by atoms with Gasteiger partial charge in [0.15, 0.2) is 11.6 Å². The van der Waals surface area contributed by atoms with Crippen LogP contribution in [0.25, 0.3) is 11.0 Å². The van der Waals surface area contributed by atoms with Gasteiger partial charge in [0.1, 0.15) is 5.58 Å². The average molecular weight is 340 g/mol. The molecule has 0 unspecified atom stereocenters. The fourth-order valence-electron chi connectivity index (χ4n) is 2.21.